The molecule has 1 aromatic heterocycles. The fraction of sp³-hybridized carbons (Fsp3) is 0.500. The minimum atomic E-state index is -0.0831. The zero-order chi connectivity index (χ0) is 9.26. The maximum Gasteiger partial charge on any atom is 0.237 e. The Hall–Kier alpha value is -1.36. The lowest BCUT2D eigenvalue weighted by atomic mass is 9.88. The molecule has 0 spiro atoms. The van der Waals surface area contributed by atoms with Crippen molar-refractivity contribution in [3.8, 4) is 0 Å². The van der Waals surface area contributed by atoms with E-state index in [1.807, 2.05) is 6.20 Å². The highest BCUT2D eigenvalue weighted by molar-refractivity contribution is 5.78. The van der Waals surface area contributed by atoms with E-state index < -0.39 is 0 Å². The molecule has 0 aliphatic heterocycles. The summed E-state index contributed by atoms with van der Waals surface area (Å²) in [6.45, 7) is 0. The van der Waals surface area contributed by atoms with Crippen molar-refractivity contribution in [2.75, 3.05) is 0 Å². The number of nitrogens with two attached hydrogens (primary N) is 1. The Labute approximate surface area is 75.7 Å². The van der Waals surface area contributed by atoms with Crippen LogP contribution in [0.25, 0.3) is 0 Å². The molecule has 0 bridgehead atoms. The number of nitrogens with zero attached hydrogens (tertiary/aromatic N) is 1. The van der Waals surface area contributed by atoms with Crippen molar-refractivity contribution < 1.29 is 4.79 Å². The van der Waals surface area contributed by atoms with Crippen LogP contribution < -0.4 is 11.3 Å². The van der Waals surface area contributed by atoms with Crippen LogP contribution in [0.1, 0.15) is 17.7 Å². The molecule has 0 saturated carbocycles. The van der Waals surface area contributed by atoms with Gasteiger partial charge >= 0.3 is 0 Å². The van der Waals surface area contributed by atoms with Gasteiger partial charge in [0.25, 0.3) is 0 Å². The first-order valence-corrected chi connectivity index (χ1v) is 4.33. The van der Waals surface area contributed by atoms with E-state index in [9.17, 15) is 4.79 Å². The van der Waals surface area contributed by atoms with E-state index in [1.54, 1.807) is 0 Å². The number of hydrazine groups is 1. The number of hydrogen-bond acceptors (Lipinski definition) is 3. The van der Waals surface area contributed by atoms with E-state index in [4.69, 9.17) is 5.84 Å². The Kier molecular flexibility index (Phi) is 2.02. The van der Waals surface area contributed by atoms with Crippen molar-refractivity contribution >= 4 is 5.91 Å². The van der Waals surface area contributed by atoms with Crippen LogP contribution in [-0.2, 0) is 17.6 Å². The molecule has 5 heteroatoms. The van der Waals surface area contributed by atoms with Crippen molar-refractivity contribution in [2.24, 2.45) is 11.8 Å². The van der Waals surface area contributed by atoms with Crippen molar-refractivity contribution in [2.45, 2.75) is 19.3 Å². The van der Waals surface area contributed by atoms with Gasteiger partial charge in [-0.1, -0.05) is 0 Å². The lowest BCUT2D eigenvalue weighted by Crippen LogP contribution is -2.38. The van der Waals surface area contributed by atoms with Crippen LogP contribution in [0, 0.1) is 5.92 Å². The third-order valence-corrected chi connectivity index (χ3v) is 2.53. The minimum Gasteiger partial charge on any atom is -0.294 e. The summed E-state index contributed by atoms with van der Waals surface area (Å²) in [5.74, 6) is 4.99. The van der Waals surface area contributed by atoms with Gasteiger partial charge in [0, 0.05) is 18.0 Å². The molecule has 13 heavy (non-hydrogen) atoms. The summed E-state index contributed by atoms with van der Waals surface area (Å²) in [4.78, 5) is 11.2. The van der Waals surface area contributed by atoms with Crippen LogP contribution in [0.15, 0.2) is 6.20 Å². The van der Waals surface area contributed by atoms with E-state index in [0.717, 1.165) is 25.0 Å². The average Bonchev–Trinajstić information content (AvgIpc) is 2.63. The summed E-state index contributed by atoms with van der Waals surface area (Å²) < 4.78 is 0. The van der Waals surface area contributed by atoms with Crippen molar-refractivity contribution in [1.82, 2.24) is 15.6 Å². The molecule has 4 N–H and O–H groups in total. The Bertz CT molecular complexity index is 320. The first kappa shape index (κ1) is 8.25. The summed E-state index contributed by atoms with van der Waals surface area (Å²) in [5.41, 5.74) is 4.48. The number of carbonyl (C=O) groups excluding carboxylic acids is 1. The number of aromatic nitrogens is 2. The smallest absolute Gasteiger partial charge is 0.237 e. The van der Waals surface area contributed by atoms with Crippen LogP contribution in [0.3, 0.4) is 0 Å². The highest BCUT2D eigenvalue weighted by Gasteiger charge is 2.24. The summed E-state index contributed by atoms with van der Waals surface area (Å²) in [5, 5.41) is 6.83. The van der Waals surface area contributed by atoms with E-state index in [1.165, 1.54) is 5.56 Å². The van der Waals surface area contributed by atoms with Gasteiger partial charge < -0.3 is 0 Å². The molecular weight excluding hydrogens is 168 g/mol. The van der Waals surface area contributed by atoms with Gasteiger partial charge in [-0.05, 0) is 18.4 Å². The van der Waals surface area contributed by atoms with Gasteiger partial charge in [-0.2, -0.15) is 5.10 Å². The van der Waals surface area contributed by atoms with Gasteiger partial charge in [0.1, 0.15) is 0 Å². The second-order valence-electron chi connectivity index (χ2n) is 3.32. The lowest BCUT2D eigenvalue weighted by molar-refractivity contribution is -0.125. The predicted molar refractivity (Wildman–Crippen MR) is 46.4 cm³/mol. The zero-order valence-electron chi connectivity index (χ0n) is 7.21. The van der Waals surface area contributed by atoms with Crippen molar-refractivity contribution in [3.63, 3.8) is 0 Å². The largest absolute Gasteiger partial charge is 0.294 e. The van der Waals surface area contributed by atoms with E-state index in [0.29, 0.717) is 0 Å². The molecule has 0 unspecified atom stereocenters. The van der Waals surface area contributed by atoms with Gasteiger partial charge in [0.15, 0.2) is 0 Å². The van der Waals surface area contributed by atoms with Gasteiger partial charge in [0.2, 0.25) is 5.91 Å². The standard InChI is InChI=1S/C8H12N4O/c9-11-8(13)5-1-2-6-4-10-12-7(6)3-5/h4-5H,1-3,9H2,(H,10,12)(H,11,13)/t5-/m1/s1. The van der Waals surface area contributed by atoms with Gasteiger partial charge in [0.05, 0.1) is 6.20 Å². The number of rotatable bonds is 1. The van der Waals surface area contributed by atoms with Crippen molar-refractivity contribution in [1.29, 1.82) is 0 Å². The van der Waals surface area contributed by atoms with Gasteiger partial charge in [-0.3, -0.25) is 15.3 Å². The number of aryl methyl sites for hydroxylation is 1. The molecule has 1 heterocycles. The zero-order valence-corrected chi connectivity index (χ0v) is 7.21. The quantitative estimate of drug-likeness (QED) is 0.309. The number of nitrogens with one attached hydrogen (secondary N) is 2. The number of amides is 1. The molecule has 0 fully saturated rings. The van der Waals surface area contributed by atoms with Crippen LogP contribution >= 0.6 is 0 Å². The second kappa shape index (κ2) is 3.18. The average molecular weight is 180 g/mol. The maximum atomic E-state index is 11.2. The lowest BCUT2D eigenvalue weighted by Gasteiger charge is -2.19. The number of carbonyl (C=O) groups is 1. The number of H-pyrrole nitrogens is 1. The molecule has 0 aromatic carbocycles. The third kappa shape index (κ3) is 1.42. The highest BCUT2D eigenvalue weighted by Crippen LogP contribution is 2.23. The van der Waals surface area contributed by atoms with E-state index >= 15 is 0 Å². The topological polar surface area (TPSA) is 83.8 Å². The van der Waals surface area contributed by atoms with Gasteiger partial charge in [-0.25, -0.2) is 5.84 Å². The first-order chi connectivity index (χ1) is 6.31. The Morgan fingerprint density at radius 3 is 3.38 bits per heavy atom. The third-order valence-electron chi connectivity index (χ3n) is 2.53. The Morgan fingerprint density at radius 1 is 1.77 bits per heavy atom. The predicted octanol–water partition coefficient (Wildman–Crippen LogP) is -0.496. The maximum absolute atomic E-state index is 11.2. The molecule has 70 valence electrons. The molecule has 1 aliphatic carbocycles. The molecule has 0 radical (unpaired) electrons. The van der Waals surface area contributed by atoms with Crippen LogP contribution in [0.5, 0.6) is 0 Å². The molecule has 5 nitrogen and oxygen atoms in total. The molecule has 2 rings (SSSR count). The molecule has 1 aromatic rings. The normalized spacial score (nSPS) is 20.8. The monoisotopic (exact) mass is 180 g/mol. The highest BCUT2D eigenvalue weighted by atomic mass is 16.2. The first-order valence-electron chi connectivity index (χ1n) is 4.33. The van der Waals surface area contributed by atoms with E-state index in [-0.39, 0.29) is 11.8 Å². The summed E-state index contributed by atoms with van der Waals surface area (Å²) in [7, 11) is 0. The second-order valence-corrected chi connectivity index (χ2v) is 3.32. The fourth-order valence-electron chi connectivity index (χ4n) is 1.75. The summed E-state index contributed by atoms with van der Waals surface area (Å²) in [6, 6.07) is 0. The summed E-state index contributed by atoms with van der Waals surface area (Å²) >= 11 is 0. The van der Waals surface area contributed by atoms with Crippen molar-refractivity contribution in [3.05, 3.63) is 17.5 Å². The summed E-state index contributed by atoms with van der Waals surface area (Å²) in [6.07, 6.45) is 4.31. The fourth-order valence-corrected chi connectivity index (χ4v) is 1.75. The number of fused-ring (bicyclic) bond motifs is 1. The van der Waals surface area contributed by atoms with Crippen LogP contribution in [0.4, 0.5) is 0 Å². The molecule has 1 amide bonds. The van der Waals surface area contributed by atoms with Crippen LogP contribution in [-0.4, -0.2) is 16.1 Å². The molecule has 1 atom stereocenters. The Morgan fingerprint density at radius 2 is 2.62 bits per heavy atom. The molecule has 1 aliphatic rings. The minimum absolute atomic E-state index is 0.00190. The van der Waals surface area contributed by atoms with Gasteiger partial charge in [-0.15, -0.1) is 0 Å². The SMILES string of the molecule is NNC(=O)[C@@H]1CCc2cn[nH]c2C1. The number of aromatic amines is 1. The molecular formula is C8H12N4O. The molecule has 0 saturated heterocycles. The number of hydrogen-bond donors (Lipinski definition) is 3. The van der Waals surface area contributed by atoms with E-state index in [2.05, 4.69) is 15.6 Å². The van der Waals surface area contributed by atoms with Crippen LogP contribution in [0.2, 0.25) is 0 Å². The Balaban J connectivity index is 2.13.